The summed E-state index contributed by atoms with van der Waals surface area (Å²) in [6, 6.07) is 9.93. The van der Waals surface area contributed by atoms with Gasteiger partial charge in [-0.2, -0.15) is 0 Å². The molecule has 0 amide bonds. The van der Waals surface area contributed by atoms with Gasteiger partial charge in [-0.15, -0.1) is 0 Å². The van der Waals surface area contributed by atoms with Crippen molar-refractivity contribution < 1.29 is 9.13 Å². The van der Waals surface area contributed by atoms with Crippen LogP contribution in [-0.2, 0) is 6.42 Å². The minimum Gasteiger partial charge on any atom is -0.457 e. The highest BCUT2D eigenvalue weighted by molar-refractivity contribution is 9.10. The average Bonchev–Trinajstić information content (AvgIpc) is 2.37. The third-order valence-electron chi connectivity index (χ3n) is 2.56. The van der Waals surface area contributed by atoms with Gasteiger partial charge in [-0.25, -0.2) is 4.39 Å². The topological polar surface area (TPSA) is 35.2 Å². The highest BCUT2D eigenvalue weighted by Crippen LogP contribution is 2.30. The molecule has 0 aliphatic carbocycles. The third-order valence-corrected chi connectivity index (χ3v) is 3.44. The lowest BCUT2D eigenvalue weighted by Gasteiger charge is -2.11. The molecule has 0 aliphatic rings. The molecule has 2 rings (SSSR count). The molecule has 0 fully saturated rings. The average molecular weight is 345 g/mol. The largest absolute Gasteiger partial charge is 0.457 e. The first-order valence-electron chi connectivity index (χ1n) is 5.71. The quantitative estimate of drug-likeness (QED) is 0.884. The zero-order valence-corrected chi connectivity index (χ0v) is 12.3. The van der Waals surface area contributed by atoms with E-state index in [2.05, 4.69) is 15.9 Å². The Bertz CT molecular complexity index is 592. The van der Waals surface area contributed by atoms with Gasteiger partial charge < -0.3 is 10.5 Å². The summed E-state index contributed by atoms with van der Waals surface area (Å²) in [5, 5.41) is 0.563. The van der Waals surface area contributed by atoms with Crippen molar-refractivity contribution in [3.63, 3.8) is 0 Å². The van der Waals surface area contributed by atoms with Crippen LogP contribution in [0.25, 0.3) is 0 Å². The molecule has 0 bridgehead atoms. The number of benzene rings is 2. The molecular formula is C14H12BrClFNO. The van der Waals surface area contributed by atoms with Crippen LogP contribution in [-0.4, -0.2) is 6.54 Å². The highest BCUT2D eigenvalue weighted by Gasteiger charge is 2.07. The number of nitrogens with two attached hydrogens (primary N) is 1. The Balaban J connectivity index is 2.30. The predicted octanol–water partition coefficient (Wildman–Crippen LogP) is 4.54. The fourth-order valence-corrected chi connectivity index (χ4v) is 2.06. The van der Waals surface area contributed by atoms with Gasteiger partial charge in [0, 0.05) is 11.1 Å². The molecule has 2 aromatic carbocycles. The van der Waals surface area contributed by atoms with Gasteiger partial charge in [0.05, 0.1) is 4.47 Å². The monoisotopic (exact) mass is 343 g/mol. The summed E-state index contributed by atoms with van der Waals surface area (Å²) in [6.45, 7) is 0.507. The molecule has 0 saturated heterocycles. The molecular weight excluding hydrogens is 333 g/mol. The fourth-order valence-electron chi connectivity index (χ4n) is 1.65. The molecule has 5 heteroatoms. The van der Waals surface area contributed by atoms with Crippen molar-refractivity contribution in [2.45, 2.75) is 6.42 Å². The summed E-state index contributed by atoms with van der Waals surface area (Å²) >= 11 is 9.04. The molecule has 0 spiro atoms. The van der Waals surface area contributed by atoms with Gasteiger partial charge in [0.1, 0.15) is 17.3 Å². The lowest BCUT2D eigenvalue weighted by Crippen LogP contribution is -2.04. The number of rotatable bonds is 4. The van der Waals surface area contributed by atoms with Crippen LogP contribution in [0.2, 0.25) is 5.02 Å². The summed E-state index contributed by atoms with van der Waals surface area (Å²) in [7, 11) is 0. The molecule has 2 N–H and O–H groups in total. The Hall–Kier alpha value is -1.10. The van der Waals surface area contributed by atoms with Crippen LogP contribution in [0.3, 0.4) is 0 Å². The normalized spacial score (nSPS) is 10.5. The van der Waals surface area contributed by atoms with E-state index in [4.69, 9.17) is 22.1 Å². The Morgan fingerprint density at radius 1 is 1.21 bits per heavy atom. The van der Waals surface area contributed by atoms with Gasteiger partial charge in [0.25, 0.3) is 0 Å². The first kappa shape index (κ1) is 14.3. The van der Waals surface area contributed by atoms with Crippen LogP contribution in [0.15, 0.2) is 40.9 Å². The molecule has 0 unspecified atom stereocenters. The first-order valence-corrected chi connectivity index (χ1v) is 6.88. The predicted molar refractivity (Wildman–Crippen MR) is 78.4 cm³/mol. The van der Waals surface area contributed by atoms with Gasteiger partial charge >= 0.3 is 0 Å². The van der Waals surface area contributed by atoms with Gasteiger partial charge in [0.15, 0.2) is 0 Å². The molecule has 0 aromatic heterocycles. The molecule has 0 atom stereocenters. The first-order chi connectivity index (χ1) is 9.10. The van der Waals surface area contributed by atoms with Crippen LogP contribution < -0.4 is 10.5 Å². The Morgan fingerprint density at radius 2 is 2.00 bits per heavy atom. The Labute approximate surface area is 124 Å². The molecule has 0 aliphatic heterocycles. The number of hydrogen-bond acceptors (Lipinski definition) is 2. The van der Waals surface area contributed by atoms with Crippen LogP contribution >= 0.6 is 27.5 Å². The standard InChI is InChI=1S/C14H12BrClFNO/c15-12-4-3-11(8-13(12)17)19-14-7-10(16)2-1-9(14)5-6-18/h1-4,7-8H,5-6,18H2. The van der Waals surface area contributed by atoms with Gasteiger partial charge in [-0.3, -0.25) is 0 Å². The minimum atomic E-state index is -0.375. The second-order valence-corrected chi connectivity index (χ2v) is 5.26. The zero-order valence-electron chi connectivity index (χ0n) is 10.00. The molecule has 19 heavy (non-hydrogen) atoms. The maximum absolute atomic E-state index is 13.4. The fraction of sp³-hybridized carbons (Fsp3) is 0.143. The number of halogens is 3. The lowest BCUT2D eigenvalue weighted by atomic mass is 10.1. The van der Waals surface area contributed by atoms with E-state index in [1.54, 1.807) is 24.3 Å². The number of ether oxygens (including phenoxy) is 1. The minimum absolute atomic E-state index is 0.375. The van der Waals surface area contributed by atoms with Crippen LogP contribution in [0.1, 0.15) is 5.56 Å². The zero-order chi connectivity index (χ0) is 13.8. The van der Waals surface area contributed by atoms with Crippen molar-refractivity contribution in [2.24, 2.45) is 5.73 Å². The Morgan fingerprint density at radius 3 is 2.68 bits per heavy atom. The Kier molecular flexibility index (Phi) is 4.80. The van der Waals surface area contributed by atoms with E-state index in [9.17, 15) is 4.39 Å². The van der Waals surface area contributed by atoms with Crippen molar-refractivity contribution >= 4 is 27.5 Å². The second-order valence-electron chi connectivity index (χ2n) is 3.97. The van der Waals surface area contributed by atoms with Crippen LogP contribution in [0, 0.1) is 5.82 Å². The van der Waals surface area contributed by atoms with E-state index in [0.29, 0.717) is 34.0 Å². The van der Waals surface area contributed by atoms with Gasteiger partial charge in [-0.1, -0.05) is 17.7 Å². The van der Waals surface area contributed by atoms with Crippen molar-refractivity contribution in [3.8, 4) is 11.5 Å². The molecule has 2 aromatic rings. The lowest BCUT2D eigenvalue weighted by molar-refractivity contribution is 0.470. The molecule has 0 saturated carbocycles. The van der Waals surface area contributed by atoms with E-state index in [1.165, 1.54) is 6.07 Å². The van der Waals surface area contributed by atoms with E-state index < -0.39 is 0 Å². The van der Waals surface area contributed by atoms with E-state index in [1.807, 2.05) is 6.07 Å². The summed E-state index contributed by atoms with van der Waals surface area (Å²) in [5.74, 6) is 0.640. The summed E-state index contributed by atoms with van der Waals surface area (Å²) in [6.07, 6.45) is 0.672. The molecule has 0 heterocycles. The van der Waals surface area contributed by atoms with Crippen molar-refractivity contribution in [3.05, 3.63) is 57.3 Å². The number of hydrogen-bond donors (Lipinski definition) is 1. The van der Waals surface area contributed by atoms with E-state index >= 15 is 0 Å². The summed E-state index contributed by atoms with van der Waals surface area (Å²) in [4.78, 5) is 0. The SMILES string of the molecule is NCCc1ccc(Cl)cc1Oc1ccc(Br)c(F)c1. The molecule has 0 radical (unpaired) electrons. The van der Waals surface area contributed by atoms with Crippen LogP contribution in [0.4, 0.5) is 4.39 Å². The maximum Gasteiger partial charge on any atom is 0.141 e. The van der Waals surface area contributed by atoms with Gasteiger partial charge in [0.2, 0.25) is 0 Å². The van der Waals surface area contributed by atoms with Crippen LogP contribution in [0.5, 0.6) is 11.5 Å². The van der Waals surface area contributed by atoms with Crippen molar-refractivity contribution in [1.29, 1.82) is 0 Å². The van der Waals surface area contributed by atoms with Crippen molar-refractivity contribution in [1.82, 2.24) is 0 Å². The molecule has 100 valence electrons. The maximum atomic E-state index is 13.4. The smallest absolute Gasteiger partial charge is 0.141 e. The van der Waals surface area contributed by atoms with E-state index in [0.717, 1.165) is 5.56 Å². The van der Waals surface area contributed by atoms with Crippen molar-refractivity contribution in [2.75, 3.05) is 6.54 Å². The van der Waals surface area contributed by atoms with E-state index in [-0.39, 0.29) is 5.82 Å². The summed E-state index contributed by atoms with van der Waals surface area (Å²) in [5.41, 5.74) is 6.49. The highest BCUT2D eigenvalue weighted by atomic mass is 79.9. The second kappa shape index (κ2) is 6.37. The third kappa shape index (κ3) is 3.69. The molecule has 2 nitrogen and oxygen atoms in total. The van der Waals surface area contributed by atoms with Gasteiger partial charge in [-0.05, 0) is 58.7 Å². The summed E-state index contributed by atoms with van der Waals surface area (Å²) < 4.78 is 19.5.